The Hall–Kier alpha value is -1.66. The van der Waals surface area contributed by atoms with Crippen LogP contribution in [-0.2, 0) is 20.7 Å². The van der Waals surface area contributed by atoms with Crippen molar-refractivity contribution in [3.05, 3.63) is 23.0 Å². The van der Waals surface area contributed by atoms with Crippen LogP contribution in [0.5, 0.6) is 5.75 Å². The first kappa shape index (κ1) is 17.7. The third kappa shape index (κ3) is 4.91. The molecule has 2 heterocycles. The Bertz CT molecular complexity index is 560. The Balaban J connectivity index is 1.99. The van der Waals surface area contributed by atoms with Crippen LogP contribution in [0, 0.1) is 19.8 Å². The maximum absolute atomic E-state index is 10.7. The molecule has 1 N–H and O–H groups in total. The van der Waals surface area contributed by atoms with Crippen molar-refractivity contribution in [1.29, 1.82) is 0 Å². The standard InChI is InChI=1S/C17H25NO5/c1-11-7-18-14(5-6-15(19)20)12(2)16(11)21-8-13-9-22-17(3,4)23-10-13/h7,13H,5-6,8-10H2,1-4H3,(H,19,20). The van der Waals surface area contributed by atoms with Crippen LogP contribution in [0.3, 0.4) is 0 Å². The summed E-state index contributed by atoms with van der Waals surface area (Å²) in [7, 11) is 0. The summed E-state index contributed by atoms with van der Waals surface area (Å²) >= 11 is 0. The Morgan fingerprint density at radius 3 is 2.65 bits per heavy atom. The summed E-state index contributed by atoms with van der Waals surface area (Å²) in [6.45, 7) is 9.35. The number of aliphatic carboxylic acids is 1. The Labute approximate surface area is 136 Å². The van der Waals surface area contributed by atoms with Gasteiger partial charge in [0.1, 0.15) is 5.75 Å². The van der Waals surface area contributed by atoms with E-state index in [1.807, 2.05) is 27.7 Å². The van der Waals surface area contributed by atoms with E-state index in [9.17, 15) is 4.79 Å². The summed E-state index contributed by atoms with van der Waals surface area (Å²) in [5.74, 6) is -0.390. The van der Waals surface area contributed by atoms with Gasteiger partial charge in [-0.1, -0.05) is 0 Å². The Kier molecular flexibility index (Phi) is 5.59. The van der Waals surface area contributed by atoms with Crippen LogP contribution in [0.1, 0.15) is 37.1 Å². The highest BCUT2D eigenvalue weighted by Crippen LogP contribution is 2.27. The van der Waals surface area contributed by atoms with Gasteiger partial charge in [0.25, 0.3) is 0 Å². The maximum Gasteiger partial charge on any atom is 0.303 e. The molecule has 0 bridgehead atoms. The number of hydrogen-bond acceptors (Lipinski definition) is 5. The summed E-state index contributed by atoms with van der Waals surface area (Å²) < 4.78 is 17.2. The maximum atomic E-state index is 10.7. The molecule has 0 atom stereocenters. The summed E-state index contributed by atoms with van der Waals surface area (Å²) in [6, 6.07) is 0. The molecule has 0 unspecified atom stereocenters. The molecule has 2 rings (SSSR count). The van der Waals surface area contributed by atoms with Crippen molar-refractivity contribution in [2.45, 2.75) is 46.3 Å². The number of ether oxygens (including phenoxy) is 3. The topological polar surface area (TPSA) is 77.9 Å². The second-order valence-corrected chi connectivity index (χ2v) is 6.43. The molecule has 0 saturated carbocycles. The predicted octanol–water partition coefficient (Wildman–Crippen LogP) is 2.49. The first-order valence-corrected chi connectivity index (χ1v) is 7.86. The molecule has 0 aromatic carbocycles. The second-order valence-electron chi connectivity index (χ2n) is 6.43. The molecule has 1 fully saturated rings. The average molecular weight is 323 g/mol. The summed E-state index contributed by atoms with van der Waals surface area (Å²) in [4.78, 5) is 15.1. The molecule has 0 aliphatic carbocycles. The van der Waals surface area contributed by atoms with Gasteiger partial charge in [-0.05, 0) is 27.7 Å². The number of aromatic nitrogens is 1. The van der Waals surface area contributed by atoms with Crippen molar-refractivity contribution in [1.82, 2.24) is 4.98 Å². The highest BCUT2D eigenvalue weighted by Gasteiger charge is 2.28. The fourth-order valence-electron chi connectivity index (χ4n) is 2.48. The van der Waals surface area contributed by atoms with Gasteiger partial charge in [0.15, 0.2) is 5.79 Å². The van der Waals surface area contributed by atoms with E-state index in [0.29, 0.717) is 26.2 Å². The van der Waals surface area contributed by atoms with Gasteiger partial charge in [-0.25, -0.2) is 0 Å². The van der Waals surface area contributed by atoms with Crippen molar-refractivity contribution in [2.24, 2.45) is 5.92 Å². The molecule has 0 amide bonds. The molecular weight excluding hydrogens is 298 g/mol. The summed E-state index contributed by atoms with van der Waals surface area (Å²) in [5.41, 5.74) is 2.62. The zero-order chi connectivity index (χ0) is 17.0. The smallest absolute Gasteiger partial charge is 0.303 e. The Morgan fingerprint density at radius 1 is 1.39 bits per heavy atom. The molecule has 1 saturated heterocycles. The van der Waals surface area contributed by atoms with Crippen molar-refractivity contribution in [3.8, 4) is 5.75 Å². The molecular formula is C17H25NO5. The molecule has 1 aromatic rings. The van der Waals surface area contributed by atoms with Crippen LogP contribution in [-0.4, -0.2) is 41.7 Å². The fraction of sp³-hybridized carbons (Fsp3) is 0.647. The van der Waals surface area contributed by atoms with Gasteiger partial charge in [0.05, 0.1) is 26.2 Å². The first-order valence-electron chi connectivity index (χ1n) is 7.86. The lowest BCUT2D eigenvalue weighted by molar-refractivity contribution is -0.264. The molecule has 1 aromatic heterocycles. The number of carboxylic acid groups (broad SMARTS) is 1. The summed E-state index contributed by atoms with van der Waals surface area (Å²) in [5, 5.41) is 8.82. The van der Waals surface area contributed by atoms with Gasteiger partial charge >= 0.3 is 5.97 Å². The minimum Gasteiger partial charge on any atom is -0.492 e. The van der Waals surface area contributed by atoms with E-state index >= 15 is 0 Å². The zero-order valence-electron chi connectivity index (χ0n) is 14.2. The average Bonchev–Trinajstić information content (AvgIpc) is 2.47. The lowest BCUT2D eigenvalue weighted by Crippen LogP contribution is -2.41. The molecule has 0 radical (unpaired) electrons. The number of hydrogen-bond donors (Lipinski definition) is 1. The van der Waals surface area contributed by atoms with E-state index in [4.69, 9.17) is 19.3 Å². The van der Waals surface area contributed by atoms with Gasteiger partial charge in [0.2, 0.25) is 0 Å². The van der Waals surface area contributed by atoms with Crippen LogP contribution in [0.4, 0.5) is 0 Å². The monoisotopic (exact) mass is 323 g/mol. The quantitative estimate of drug-likeness (QED) is 0.866. The number of carbonyl (C=O) groups is 1. The third-order valence-corrected chi connectivity index (χ3v) is 3.92. The van der Waals surface area contributed by atoms with E-state index in [0.717, 1.165) is 22.6 Å². The number of aryl methyl sites for hydroxylation is 2. The third-order valence-electron chi connectivity index (χ3n) is 3.92. The normalized spacial score (nSPS) is 17.9. The van der Waals surface area contributed by atoms with Crippen molar-refractivity contribution in [2.75, 3.05) is 19.8 Å². The van der Waals surface area contributed by atoms with E-state index in [1.165, 1.54) is 0 Å². The van der Waals surface area contributed by atoms with Crippen LogP contribution in [0.2, 0.25) is 0 Å². The largest absolute Gasteiger partial charge is 0.492 e. The minimum absolute atomic E-state index is 0.0652. The van der Waals surface area contributed by atoms with Crippen molar-refractivity contribution in [3.63, 3.8) is 0 Å². The molecule has 128 valence electrons. The number of nitrogens with zero attached hydrogens (tertiary/aromatic N) is 1. The fourth-order valence-corrected chi connectivity index (χ4v) is 2.48. The highest BCUT2D eigenvalue weighted by molar-refractivity contribution is 5.67. The van der Waals surface area contributed by atoms with E-state index in [2.05, 4.69) is 4.98 Å². The minimum atomic E-state index is -0.826. The number of pyridine rings is 1. The molecule has 0 spiro atoms. The predicted molar refractivity (Wildman–Crippen MR) is 84.6 cm³/mol. The second kappa shape index (κ2) is 7.27. The molecule has 1 aliphatic rings. The lowest BCUT2D eigenvalue weighted by Gasteiger charge is -2.34. The van der Waals surface area contributed by atoms with E-state index in [-0.39, 0.29) is 12.3 Å². The highest BCUT2D eigenvalue weighted by atomic mass is 16.7. The molecule has 23 heavy (non-hydrogen) atoms. The van der Waals surface area contributed by atoms with Gasteiger partial charge in [0, 0.05) is 35.4 Å². The Morgan fingerprint density at radius 2 is 2.04 bits per heavy atom. The number of rotatable bonds is 6. The molecule has 6 nitrogen and oxygen atoms in total. The molecule has 6 heteroatoms. The summed E-state index contributed by atoms with van der Waals surface area (Å²) in [6.07, 6.45) is 2.20. The van der Waals surface area contributed by atoms with Crippen molar-refractivity contribution >= 4 is 5.97 Å². The van der Waals surface area contributed by atoms with E-state index in [1.54, 1.807) is 6.20 Å². The van der Waals surface area contributed by atoms with Gasteiger partial charge < -0.3 is 19.3 Å². The zero-order valence-corrected chi connectivity index (χ0v) is 14.2. The van der Waals surface area contributed by atoms with Crippen LogP contribution >= 0.6 is 0 Å². The SMILES string of the molecule is Cc1cnc(CCC(=O)O)c(C)c1OCC1COC(C)(C)OC1. The molecule has 1 aliphatic heterocycles. The number of carboxylic acids is 1. The van der Waals surface area contributed by atoms with Gasteiger partial charge in [-0.3, -0.25) is 9.78 Å². The van der Waals surface area contributed by atoms with Gasteiger partial charge in [-0.2, -0.15) is 0 Å². The first-order chi connectivity index (χ1) is 10.8. The van der Waals surface area contributed by atoms with Crippen LogP contribution in [0.25, 0.3) is 0 Å². The lowest BCUT2D eigenvalue weighted by atomic mass is 10.1. The van der Waals surface area contributed by atoms with Crippen molar-refractivity contribution < 1.29 is 24.1 Å². The van der Waals surface area contributed by atoms with Gasteiger partial charge in [-0.15, -0.1) is 0 Å². The van der Waals surface area contributed by atoms with Crippen LogP contribution < -0.4 is 4.74 Å². The van der Waals surface area contributed by atoms with E-state index < -0.39 is 11.8 Å². The van der Waals surface area contributed by atoms with Crippen LogP contribution in [0.15, 0.2) is 6.20 Å².